The number of rotatable bonds is 3. The summed E-state index contributed by atoms with van der Waals surface area (Å²) < 4.78 is 17.1. The maximum atomic E-state index is 12.7. The molecule has 0 bridgehead atoms. The second-order valence-corrected chi connectivity index (χ2v) is 2.74. The number of halogens is 1. The van der Waals surface area contributed by atoms with Crippen LogP contribution in [0.5, 0.6) is 0 Å². The molecule has 0 spiro atoms. The van der Waals surface area contributed by atoms with Gasteiger partial charge in [-0.3, -0.25) is 4.79 Å². The van der Waals surface area contributed by atoms with Crippen molar-refractivity contribution in [2.24, 2.45) is 0 Å². The Morgan fingerprint density at radius 1 is 1.57 bits per heavy atom. The van der Waals surface area contributed by atoms with Crippen LogP contribution in [-0.2, 0) is 9.53 Å². The summed E-state index contributed by atoms with van der Waals surface area (Å²) >= 11 is 0. The van der Waals surface area contributed by atoms with Gasteiger partial charge in [0.1, 0.15) is 5.82 Å². The zero-order valence-corrected chi connectivity index (χ0v) is 7.87. The summed E-state index contributed by atoms with van der Waals surface area (Å²) in [4.78, 5) is 10.7. The van der Waals surface area contributed by atoms with Crippen molar-refractivity contribution in [3.63, 3.8) is 0 Å². The molecular formula is C11H11FO2. The maximum Gasteiger partial charge on any atom is 0.309 e. The highest BCUT2D eigenvalue weighted by Crippen LogP contribution is 2.05. The third-order valence-electron chi connectivity index (χ3n) is 1.67. The maximum absolute atomic E-state index is 12.7. The molecule has 0 radical (unpaired) electrons. The molecule has 0 aromatic heterocycles. The first-order valence-corrected chi connectivity index (χ1v) is 4.21. The standard InChI is InChI=1S/C11H11FO2/c1-14-11(13)7-3-5-9-4-2-6-10(12)8-9/h2-6,8H,7H2,1H3/b5-3+. The van der Waals surface area contributed by atoms with Crippen LogP contribution in [0.1, 0.15) is 12.0 Å². The van der Waals surface area contributed by atoms with E-state index in [1.54, 1.807) is 24.3 Å². The third kappa shape index (κ3) is 3.39. The summed E-state index contributed by atoms with van der Waals surface area (Å²) in [5.74, 6) is -0.595. The van der Waals surface area contributed by atoms with Crippen LogP contribution in [0.2, 0.25) is 0 Å². The number of esters is 1. The number of carbonyl (C=O) groups is 1. The van der Waals surface area contributed by atoms with Gasteiger partial charge in [0.05, 0.1) is 13.5 Å². The molecule has 0 heterocycles. The summed E-state index contributed by atoms with van der Waals surface area (Å²) in [6.45, 7) is 0. The molecule has 0 aliphatic carbocycles. The molecule has 74 valence electrons. The van der Waals surface area contributed by atoms with Gasteiger partial charge in [0, 0.05) is 0 Å². The average molecular weight is 194 g/mol. The van der Waals surface area contributed by atoms with E-state index in [1.165, 1.54) is 19.2 Å². The number of hydrogen-bond donors (Lipinski definition) is 0. The van der Waals surface area contributed by atoms with Gasteiger partial charge < -0.3 is 4.74 Å². The molecule has 0 amide bonds. The van der Waals surface area contributed by atoms with E-state index >= 15 is 0 Å². The Balaban J connectivity index is 2.56. The van der Waals surface area contributed by atoms with Crippen molar-refractivity contribution < 1.29 is 13.9 Å². The molecule has 0 atom stereocenters. The Hall–Kier alpha value is -1.64. The fraction of sp³-hybridized carbons (Fsp3) is 0.182. The van der Waals surface area contributed by atoms with E-state index in [0.717, 1.165) is 5.56 Å². The molecule has 1 rings (SSSR count). The van der Waals surface area contributed by atoms with Crippen molar-refractivity contribution in [1.82, 2.24) is 0 Å². The molecule has 14 heavy (non-hydrogen) atoms. The lowest BCUT2D eigenvalue weighted by Gasteiger charge is -1.94. The molecule has 1 aromatic rings. The molecule has 0 saturated carbocycles. The smallest absolute Gasteiger partial charge is 0.309 e. The Bertz CT molecular complexity index is 345. The lowest BCUT2D eigenvalue weighted by molar-refractivity contribution is -0.139. The Labute approximate surface area is 82.0 Å². The summed E-state index contributed by atoms with van der Waals surface area (Å²) in [6, 6.07) is 6.15. The second kappa shape index (κ2) is 5.17. The third-order valence-corrected chi connectivity index (χ3v) is 1.67. The van der Waals surface area contributed by atoms with Gasteiger partial charge in [0.2, 0.25) is 0 Å². The molecule has 3 heteroatoms. The van der Waals surface area contributed by atoms with Gasteiger partial charge in [0.15, 0.2) is 0 Å². The van der Waals surface area contributed by atoms with Gasteiger partial charge in [-0.05, 0) is 17.7 Å². The van der Waals surface area contributed by atoms with E-state index in [1.807, 2.05) is 0 Å². The zero-order valence-electron chi connectivity index (χ0n) is 7.87. The lowest BCUT2D eigenvalue weighted by Crippen LogP contribution is -1.96. The first kappa shape index (κ1) is 10.4. The first-order chi connectivity index (χ1) is 6.72. The summed E-state index contributed by atoms with van der Waals surface area (Å²) in [5, 5.41) is 0. The second-order valence-electron chi connectivity index (χ2n) is 2.74. The highest BCUT2D eigenvalue weighted by Gasteiger charge is 1.94. The van der Waals surface area contributed by atoms with E-state index in [9.17, 15) is 9.18 Å². The Morgan fingerprint density at radius 3 is 3.00 bits per heavy atom. The summed E-state index contributed by atoms with van der Waals surface area (Å²) in [7, 11) is 1.33. The lowest BCUT2D eigenvalue weighted by atomic mass is 10.2. The fourth-order valence-electron chi connectivity index (χ4n) is 0.985. The van der Waals surface area contributed by atoms with Gasteiger partial charge in [-0.15, -0.1) is 0 Å². The van der Waals surface area contributed by atoms with Crippen LogP contribution in [0, 0.1) is 5.82 Å². The predicted octanol–water partition coefficient (Wildman–Crippen LogP) is 2.40. The Kier molecular flexibility index (Phi) is 3.85. The number of hydrogen-bond acceptors (Lipinski definition) is 2. The van der Waals surface area contributed by atoms with E-state index in [4.69, 9.17) is 0 Å². The number of carbonyl (C=O) groups excluding carboxylic acids is 1. The van der Waals surface area contributed by atoms with Crippen molar-refractivity contribution in [3.05, 3.63) is 41.7 Å². The number of benzene rings is 1. The van der Waals surface area contributed by atoms with Crippen LogP contribution in [0.3, 0.4) is 0 Å². The van der Waals surface area contributed by atoms with Crippen molar-refractivity contribution in [2.75, 3.05) is 7.11 Å². The molecular weight excluding hydrogens is 183 g/mol. The molecule has 0 aliphatic rings. The molecule has 0 fully saturated rings. The molecule has 0 unspecified atom stereocenters. The van der Waals surface area contributed by atoms with Gasteiger partial charge in [-0.25, -0.2) is 4.39 Å². The number of methoxy groups -OCH3 is 1. The molecule has 0 saturated heterocycles. The monoisotopic (exact) mass is 194 g/mol. The van der Waals surface area contributed by atoms with Crippen LogP contribution in [0.25, 0.3) is 6.08 Å². The molecule has 2 nitrogen and oxygen atoms in total. The van der Waals surface area contributed by atoms with Crippen LogP contribution in [0.15, 0.2) is 30.3 Å². The molecule has 1 aromatic carbocycles. The highest BCUT2D eigenvalue weighted by atomic mass is 19.1. The minimum Gasteiger partial charge on any atom is -0.469 e. The van der Waals surface area contributed by atoms with Gasteiger partial charge in [-0.2, -0.15) is 0 Å². The van der Waals surface area contributed by atoms with Crippen LogP contribution in [0.4, 0.5) is 4.39 Å². The van der Waals surface area contributed by atoms with Crippen LogP contribution in [-0.4, -0.2) is 13.1 Å². The number of ether oxygens (including phenoxy) is 1. The van der Waals surface area contributed by atoms with E-state index in [2.05, 4.69) is 4.74 Å². The minimum absolute atomic E-state index is 0.201. The van der Waals surface area contributed by atoms with Crippen LogP contribution < -0.4 is 0 Å². The van der Waals surface area contributed by atoms with E-state index in [0.29, 0.717) is 0 Å². The van der Waals surface area contributed by atoms with Gasteiger partial charge in [-0.1, -0.05) is 24.3 Å². The van der Waals surface area contributed by atoms with Gasteiger partial charge >= 0.3 is 5.97 Å². The van der Waals surface area contributed by atoms with E-state index in [-0.39, 0.29) is 18.2 Å². The van der Waals surface area contributed by atoms with Crippen molar-refractivity contribution >= 4 is 12.0 Å². The SMILES string of the molecule is COC(=O)C/C=C/c1cccc(F)c1. The highest BCUT2D eigenvalue weighted by molar-refractivity contribution is 5.72. The Morgan fingerprint density at radius 2 is 2.36 bits per heavy atom. The van der Waals surface area contributed by atoms with Gasteiger partial charge in [0.25, 0.3) is 0 Å². The molecule has 0 aliphatic heterocycles. The van der Waals surface area contributed by atoms with E-state index < -0.39 is 0 Å². The average Bonchev–Trinajstić information content (AvgIpc) is 2.17. The largest absolute Gasteiger partial charge is 0.469 e. The topological polar surface area (TPSA) is 26.3 Å². The summed E-state index contributed by atoms with van der Waals surface area (Å²) in [5.41, 5.74) is 0.730. The first-order valence-electron chi connectivity index (χ1n) is 4.21. The normalized spacial score (nSPS) is 10.4. The van der Waals surface area contributed by atoms with Crippen molar-refractivity contribution in [1.29, 1.82) is 0 Å². The van der Waals surface area contributed by atoms with Crippen LogP contribution >= 0.6 is 0 Å². The quantitative estimate of drug-likeness (QED) is 0.690. The van der Waals surface area contributed by atoms with Crippen molar-refractivity contribution in [2.45, 2.75) is 6.42 Å². The predicted molar refractivity (Wildman–Crippen MR) is 52.1 cm³/mol. The fourth-order valence-corrected chi connectivity index (χ4v) is 0.985. The zero-order chi connectivity index (χ0) is 10.4. The summed E-state index contributed by atoms with van der Waals surface area (Å²) in [6.07, 6.45) is 3.52. The van der Waals surface area contributed by atoms with Crippen molar-refractivity contribution in [3.8, 4) is 0 Å². The molecule has 0 N–H and O–H groups in total. The minimum atomic E-state index is -0.308.